The number of rotatable bonds is 5. The first-order valence-corrected chi connectivity index (χ1v) is 8.97. The van der Waals surface area contributed by atoms with E-state index in [2.05, 4.69) is 26.1 Å². The molecule has 1 aromatic heterocycles. The first kappa shape index (κ1) is 18.2. The van der Waals surface area contributed by atoms with Crippen molar-refractivity contribution in [3.63, 3.8) is 0 Å². The highest BCUT2D eigenvalue weighted by atomic mass is 79.9. The van der Waals surface area contributed by atoms with Crippen LogP contribution in [0.3, 0.4) is 0 Å². The van der Waals surface area contributed by atoms with Gasteiger partial charge in [0.15, 0.2) is 5.82 Å². The molecule has 2 heterocycles. The topological polar surface area (TPSA) is 77.7 Å². The maximum atomic E-state index is 12.6. The molecule has 2 aromatic rings. The molecule has 1 aromatic carbocycles. The number of nitrogens with zero attached hydrogens (tertiary/aromatic N) is 3. The molecule has 3 rings (SSSR count). The highest BCUT2D eigenvalue weighted by molar-refractivity contribution is 9.10. The van der Waals surface area contributed by atoms with Gasteiger partial charge in [0.05, 0.1) is 30.7 Å². The zero-order valence-corrected chi connectivity index (χ0v) is 15.9. The van der Waals surface area contributed by atoms with E-state index in [0.717, 1.165) is 4.47 Å². The Kier molecular flexibility index (Phi) is 5.93. The molecule has 134 valence electrons. The van der Waals surface area contributed by atoms with Gasteiger partial charge in [0, 0.05) is 11.6 Å². The number of aromatic nitrogens is 2. The molecule has 1 atom stereocenters. The third kappa shape index (κ3) is 4.50. The van der Waals surface area contributed by atoms with Gasteiger partial charge in [-0.15, -0.1) is 0 Å². The van der Waals surface area contributed by atoms with Crippen molar-refractivity contribution in [1.29, 1.82) is 0 Å². The SMILES string of the molecule is Cc1noc([C@H]2COCCN2C(=O)CCOc2ccc(Cl)cc2Br)n1. The molecular weight excluding hydrogens is 414 g/mol. The van der Waals surface area contributed by atoms with E-state index in [1.165, 1.54) is 0 Å². The van der Waals surface area contributed by atoms with E-state index in [9.17, 15) is 4.79 Å². The van der Waals surface area contributed by atoms with Crippen LogP contribution in [0, 0.1) is 6.92 Å². The van der Waals surface area contributed by atoms with Gasteiger partial charge < -0.3 is 18.9 Å². The lowest BCUT2D eigenvalue weighted by molar-refractivity contribution is -0.141. The number of hydrogen-bond acceptors (Lipinski definition) is 6. The van der Waals surface area contributed by atoms with Crippen LogP contribution in [-0.4, -0.2) is 47.3 Å². The zero-order valence-electron chi connectivity index (χ0n) is 13.6. The molecule has 7 nitrogen and oxygen atoms in total. The van der Waals surface area contributed by atoms with Gasteiger partial charge in [-0.3, -0.25) is 4.79 Å². The van der Waals surface area contributed by atoms with Gasteiger partial charge in [-0.2, -0.15) is 4.98 Å². The minimum absolute atomic E-state index is 0.0470. The lowest BCUT2D eigenvalue weighted by Crippen LogP contribution is -2.44. The molecule has 0 aliphatic carbocycles. The minimum atomic E-state index is -0.357. The van der Waals surface area contributed by atoms with Gasteiger partial charge in [0.1, 0.15) is 11.8 Å². The second-order valence-corrected chi connectivity index (χ2v) is 6.82. The molecule has 1 aliphatic rings. The van der Waals surface area contributed by atoms with Crippen molar-refractivity contribution in [1.82, 2.24) is 15.0 Å². The largest absolute Gasteiger partial charge is 0.492 e. The van der Waals surface area contributed by atoms with Crippen LogP contribution in [0.15, 0.2) is 27.2 Å². The second kappa shape index (κ2) is 8.16. The molecule has 25 heavy (non-hydrogen) atoms. The Morgan fingerprint density at radius 2 is 2.36 bits per heavy atom. The van der Waals surface area contributed by atoms with E-state index in [1.54, 1.807) is 30.0 Å². The van der Waals surface area contributed by atoms with Crippen LogP contribution in [0.1, 0.15) is 24.2 Å². The molecule has 1 saturated heterocycles. The summed E-state index contributed by atoms with van der Waals surface area (Å²) in [5, 5.41) is 4.40. The molecule has 0 spiro atoms. The average molecular weight is 431 g/mol. The lowest BCUT2D eigenvalue weighted by atomic mass is 10.2. The molecule has 0 bridgehead atoms. The van der Waals surface area contributed by atoms with Crippen LogP contribution in [0.5, 0.6) is 5.75 Å². The van der Waals surface area contributed by atoms with Crippen molar-refractivity contribution in [3.05, 3.63) is 39.4 Å². The fraction of sp³-hybridized carbons (Fsp3) is 0.438. The van der Waals surface area contributed by atoms with Gasteiger partial charge in [-0.05, 0) is 41.1 Å². The van der Waals surface area contributed by atoms with Crippen molar-refractivity contribution in [2.24, 2.45) is 0 Å². The standard InChI is InChI=1S/C16H17BrClN3O4/c1-10-19-16(25-20-10)13-9-23-7-5-21(13)15(22)4-6-24-14-3-2-11(18)8-12(14)17/h2-3,8,13H,4-7,9H2,1H3/t13-/m1/s1. The number of hydrogen-bond donors (Lipinski definition) is 0. The molecule has 0 N–H and O–H groups in total. The number of benzene rings is 1. The van der Waals surface area contributed by atoms with E-state index < -0.39 is 0 Å². The number of carbonyl (C=O) groups excluding carboxylic acids is 1. The van der Waals surface area contributed by atoms with E-state index in [1.807, 2.05) is 0 Å². The number of carbonyl (C=O) groups is 1. The lowest BCUT2D eigenvalue weighted by Gasteiger charge is -2.33. The molecule has 0 radical (unpaired) electrons. The van der Waals surface area contributed by atoms with Crippen molar-refractivity contribution in [2.45, 2.75) is 19.4 Å². The fourth-order valence-electron chi connectivity index (χ4n) is 2.54. The molecule has 0 unspecified atom stereocenters. The monoisotopic (exact) mass is 429 g/mol. The average Bonchev–Trinajstić information content (AvgIpc) is 3.03. The molecule has 1 aliphatic heterocycles. The summed E-state index contributed by atoms with van der Waals surface area (Å²) >= 11 is 9.29. The summed E-state index contributed by atoms with van der Waals surface area (Å²) in [5.74, 6) is 1.52. The maximum Gasteiger partial charge on any atom is 0.251 e. The maximum absolute atomic E-state index is 12.6. The van der Waals surface area contributed by atoms with Crippen molar-refractivity contribution < 1.29 is 18.8 Å². The first-order chi connectivity index (χ1) is 12.0. The summed E-state index contributed by atoms with van der Waals surface area (Å²) < 4.78 is 17.1. The predicted octanol–water partition coefficient (Wildman–Crippen LogP) is 3.16. The van der Waals surface area contributed by atoms with Crippen LogP contribution >= 0.6 is 27.5 Å². The Bertz CT molecular complexity index is 755. The molecule has 1 fully saturated rings. The number of amides is 1. The molecule has 1 amide bonds. The van der Waals surface area contributed by atoms with Crippen LogP contribution in [-0.2, 0) is 9.53 Å². The summed E-state index contributed by atoms with van der Waals surface area (Å²) in [5.41, 5.74) is 0. The Labute approximate surface area is 158 Å². The Hall–Kier alpha value is -1.64. The minimum Gasteiger partial charge on any atom is -0.492 e. The van der Waals surface area contributed by atoms with Crippen LogP contribution in [0.25, 0.3) is 0 Å². The first-order valence-electron chi connectivity index (χ1n) is 7.80. The summed E-state index contributed by atoms with van der Waals surface area (Å²) in [7, 11) is 0. The van der Waals surface area contributed by atoms with Crippen LogP contribution < -0.4 is 4.74 Å². The van der Waals surface area contributed by atoms with Gasteiger partial charge in [-0.25, -0.2) is 0 Å². The Morgan fingerprint density at radius 3 is 3.08 bits per heavy atom. The van der Waals surface area contributed by atoms with Crippen molar-refractivity contribution in [2.75, 3.05) is 26.4 Å². The van der Waals surface area contributed by atoms with Gasteiger partial charge >= 0.3 is 0 Å². The van der Waals surface area contributed by atoms with Crippen LogP contribution in [0.4, 0.5) is 0 Å². The highest BCUT2D eigenvalue weighted by Crippen LogP contribution is 2.28. The predicted molar refractivity (Wildman–Crippen MR) is 93.6 cm³/mol. The Morgan fingerprint density at radius 1 is 1.52 bits per heavy atom. The van der Waals surface area contributed by atoms with Crippen LogP contribution in [0.2, 0.25) is 5.02 Å². The van der Waals surface area contributed by atoms with Gasteiger partial charge in [0.25, 0.3) is 5.89 Å². The summed E-state index contributed by atoms with van der Waals surface area (Å²) in [6, 6.07) is 4.88. The number of ether oxygens (including phenoxy) is 2. The summed E-state index contributed by atoms with van der Waals surface area (Å²) in [6.07, 6.45) is 0.235. The summed E-state index contributed by atoms with van der Waals surface area (Å²) in [6.45, 7) is 3.30. The van der Waals surface area contributed by atoms with E-state index >= 15 is 0 Å². The van der Waals surface area contributed by atoms with E-state index in [-0.39, 0.29) is 25.0 Å². The molecule has 0 saturated carbocycles. The van der Waals surface area contributed by atoms with Gasteiger partial charge in [0.2, 0.25) is 5.91 Å². The van der Waals surface area contributed by atoms with Crippen molar-refractivity contribution in [3.8, 4) is 5.75 Å². The normalized spacial score (nSPS) is 17.6. The van der Waals surface area contributed by atoms with E-state index in [4.69, 9.17) is 25.6 Å². The molecule has 9 heteroatoms. The summed E-state index contributed by atoms with van der Waals surface area (Å²) in [4.78, 5) is 18.5. The Balaban J connectivity index is 1.59. The fourth-order valence-corrected chi connectivity index (χ4v) is 3.34. The smallest absolute Gasteiger partial charge is 0.251 e. The second-order valence-electron chi connectivity index (χ2n) is 5.53. The number of morpholine rings is 1. The zero-order chi connectivity index (χ0) is 17.8. The third-order valence-corrected chi connectivity index (χ3v) is 4.60. The number of halogens is 2. The third-order valence-electron chi connectivity index (χ3n) is 3.74. The highest BCUT2D eigenvalue weighted by Gasteiger charge is 2.32. The van der Waals surface area contributed by atoms with E-state index in [0.29, 0.717) is 42.2 Å². The molecular formula is C16H17BrClN3O4. The number of aryl methyl sites for hydroxylation is 1. The van der Waals surface area contributed by atoms with Gasteiger partial charge in [-0.1, -0.05) is 16.8 Å². The van der Waals surface area contributed by atoms with Crippen molar-refractivity contribution >= 4 is 33.4 Å². The quantitative estimate of drug-likeness (QED) is 0.725.